The first-order chi connectivity index (χ1) is 23.0. The molecule has 15 heteroatoms. The van der Waals surface area contributed by atoms with Crippen molar-refractivity contribution in [1.82, 2.24) is 19.9 Å². The lowest BCUT2D eigenvalue weighted by molar-refractivity contribution is -0.192. The van der Waals surface area contributed by atoms with Gasteiger partial charge in [0.05, 0.1) is 25.9 Å². The number of nitrogens with zero attached hydrogens (tertiary/aromatic N) is 3. The Kier molecular flexibility index (Phi) is 9.89. The standard InChI is InChI=1S/C31H27N5O5.C2HF3O2/c1-39-27-15-22-24(16-28(27)40-2)33-13-11-26(22)41-21-8-9-29(34-17-21)35-30(37)23-14-19-10-12-32-18-25(19)36(31(23)38)20-6-4-3-5-7-20;3-2(4,5)1(6)7/h3-9,11,13-17,32H,10,12,18H2,1-2H3,(H,34,35,37);(H,6,7). The number of hydrogen-bond acceptors (Lipinski definition) is 9. The monoisotopic (exact) mass is 663 g/mol. The van der Waals surface area contributed by atoms with Crippen molar-refractivity contribution in [3.8, 4) is 28.7 Å². The van der Waals surface area contributed by atoms with E-state index in [1.807, 2.05) is 30.3 Å². The van der Waals surface area contributed by atoms with Gasteiger partial charge in [0.25, 0.3) is 11.5 Å². The van der Waals surface area contributed by atoms with Gasteiger partial charge in [0.1, 0.15) is 22.9 Å². The predicted octanol–water partition coefficient (Wildman–Crippen LogP) is 5.12. The van der Waals surface area contributed by atoms with E-state index in [4.69, 9.17) is 24.1 Å². The lowest BCUT2D eigenvalue weighted by atomic mass is 10.0. The van der Waals surface area contributed by atoms with Crippen molar-refractivity contribution in [3.05, 3.63) is 106 Å². The number of carboxylic acid groups (broad SMARTS) is 1. The van der Waals surface area contributed by atoms with Crippen LogP contribution in [-0.2, 0) is 17.8 Å². The third-order valence-electron chi connectivity index (χ3n) is 7.17. The van der Waals surface area contributed by atoms with E-state index < -0.39 is 18.1 Å². The summed E-state index contributed by atoms with van der Waals surface area (Å²) in [5.74, 6) is -0.858. The zero-order chi connectivity index (χ0) is 34.4. The van der Waals surface area contributed by atoms with Crippen LogP contribution in [-0.4, -0.2) is 58.5 Å². The van der Waals surface area contributed by atoms with Crippen molar-refractivity contribution in [2.24, 2.45) is 0 Å². The minimum atomic E-state index is -5.08. The quantitative estimate of drug-likeness (QED) is 0.214. The largest absolute Gasteiger partial charge is 0.493 e. The van der Waals surface area contributed by atoms with E-state index in [1.165, 1.54) is 6.20 Å². The van der Waals surface area contributed by atoms with E-state index in [-0.39, 0.29) is 11.1 Å². The second-order valence-electron chi connectivity index (χ2n) is 10.2. The van der Waals surface area contributed by atoms with Crippen LogP contribution in [0.15, 0.2) is 83.9 Å². The number of alkyl halides is 3. The summed E-state index contributed by atoms with van der Waals surface area (Å²) in [6.45, 7) is 1.33. The van der Waals surface area contributed by atoms with Gasteiger partial charge in [-0.25, -0.2) is 9.78 Å². The van der Waals surface area contributed by atoms with Crippen LogP contribution in [0.2, 0.25) is 0 Å². The minimum absolute atomic E-state index is 0.0595. The van der Waals surface area contributed by atoms with Gasteiger partial charge in [0.15, 0.2) is 11.5 Å². The third-order valence-corrected chi connectivity index (χ3v) is 7.17. The van der Waals surface area contributed by atoms with Gasteiger partial charge >= 0.3 is 12.1 Å². The molecule has 0 radical (unpaired) electrons. The summed E-state index contributed by atoms with van der Waals surface area (Å²) in [6.07, 6.45) is -1.22. The summed E-state index contributed by atoms with van der Waals surface area (Å²) < 4.78 is 50.2. The lowest BCUT2D eigenvalue weighted by Gasteiger charge is -2.23. The smallest absolute Gasteiger partial charge is 0.490 e. The highest BCUT2D eigenvalue weighted by molar-refractivity contribution is 6.03. The van der Waals surface area contributed by atoms with Crippen LogP contribution < -0.4 is 30.4 Å². The number of ether oxygens (including phenoxy) is 3. The molecular formula is C33H28F3N5O7. The molecule has 248 valence electrons. The molecule has 3 N–H and O–H groups in total. The molecule has 2 aromatic carbocycles. The fourth-order valence-electron chi connectivity index (χ4n) is 4.92. The number of pyridine rings is 3. The fourth-order valence-corrected chi connectivity index (χ4v) is 4.92. The van der Waals surface area contributed by atoms with E-state index in [9.17, 15) is 22.8 Å². The highest BCUT2D eigenvalue weighted by atomic mass is 19.4. The molecule has 0 fully saturated rings. The molecule has 3 aromatic heterocycles. The van der Waals surface area contributed by atoms with E-state index in [0.717, 1.165) is 29.6 Å². The molecule has 4 heterocycles. The Morgan fingerprint density at radius 3 is 2.31 bits per heavy atom. The highest BCUT2D eigenvalue weighted by Gasteiger charge is 2.38. The molecule has 0 saturated carbocycles. The summed E-state index contributed by atoms with van der Waals surface area (Å²) in [5, 5.41) is 13.9. The number of aromatic nitrogens is 3. The predicted molar refractivity (Wildman–Crippen MR) is 168 cm³/mol. The summed E-state index contributed by atoms with van der Waals surface area (Å²) in [4.78, 5) is 44.5. The number of carbonyl (C=O) groups is 2. The number of hydrogen-bond donors (Lipinski definition) is 3. The molecule has 0 aliphatic carbocycles. The van der Waals surface area contributed by atoms with Crippen LogP contribution in [0.4, 0.5) is 19.0 Å². The highest BCUT2D eigenvalue weighted by Crippen LogP contribution is 2.36. The molecule has 1 amide bonds. The number of anilines is 1. The zero-order valence-electron chi connectivity index (χ0n) is 25.5. The zero-order valence-corrected chi connectivity index (χ0v) is 25.5. The molecule has 48 heavy (non-hydrogen) atoms. The van der Waals surface area contributed by atoms with Crippen LogP contribution in [0.1, 0.15) is 21.6 Å². The van der Waals surface area contributed by atoms with Crippen LogP contribution in [0.25, 0.3) is 16.6 Å². The first-order valence-electron chi connectivity index (χ1n) is 14.3. The Labute approximate surface area is 270 Å². The van der Waals surface area contributed by atoms with E-state index in [0.29, 0.717) is 46.6 Å². The summed E-state index contributed by atoms with van der Waals surface area (Å²) in [5.41, 5.74) is 2.90. The van der Waals surface area contributed by atoms with Gasteiger partial charge < -0.3 is 30.0 Å². The Morgan fingerprint density at radius 1 is 0.958 bits per heavy atom. The van der Waals surface area contributed by atoms with Gasteiger partial charge in [0.2, 0.25) is 0 Å². The average Bonchev–Trinajstić information content (AvgIpc) is 3.08. The molecule has 0 atom stereocenters. The SMILES string of the molecule is COc1cc2nccc(Oc3ccc(NC(=O)c4cc5c(n(-c6ccccc6)c4=O)CNCC5)nc3)c2cc1OC.O=C(O)C(F)(F)F. The Balaban J connectivity index is 0.000000582. The molecule has 12 nitrogen and oxygen atoms in total. The number of halogens is 3. The summed E-state index contributed by atoms with van der Waals surface area (Å²) >= 11 is 0. The number of methoxy groups -OCH3 is 2. The number of amides is 1. The number of para-hydroxylation sites is 1. The molecule has 5 aromatic rings. The minimum Gasteiger partial charge on any atom is -0.493 e. The van der Waals surface area contributed by atoms with Crippen LogP contribution >= 0.6 is 0 Å². The number of benzene rings is 2. The molecule has 0 bridgehead atoms. The normalized spacial score (nSPS) is 12.3. The second kappa shape index (κ2) is 14.2. The average molecular weight is 664 g/mol. The van der Waals surface area contributed by atoms with Crippen molar-refractivity contribution in [3.63, 3.8) is 0 Å². The van der Waals surface area contributed by atoms with Gasteiger partial charge in [0, 0.05) is 35.6 Å². The molecular weight excluding hydrogens is 635 g/mol. The van der Waals surface area contributed by atoms with Crippen molar-refractivity contribution in [1.29, 1.82) is 0 Å². The third kappa shape index (κ3) is 7.36. The first-order valence-corrected chi connectivity index (χ1v) is 14.3. The molecule has 0 spiro atoms. The molecule has 6 rings (SSSR count). The van der Waals surface area contributed by atoms with Gasteiger partial charge in [-0.15, -0.1) is 0 Å². The molecule has 0 unspecified atom stereocenters. The maximum Gasteiger partial charge on any atom is 0.490 e. The van der Waals surface area contributed by atoms with Gasteiger partial charge in [-0.3, -0.25) is 19.1 Å². The maximum atomic E-state index is 13.5. The van der Waals surface area contributed by atoms with Crippen LogP contribution in [0, 0.1) is 0 Å². The maximum absolute atomic E-state index is 13.5. The van der Waals surface area contributed by atoms with Crippen molar-refractivity contribution in [2.45, 2.75) is 19.1 Å². The number of carbonyl (C=O) groups excluding carboxylic acids is 1. The lowest BCUT2D eigenvalue weighted by Crippen LogP contribution is -2.36. The van der Waals surface area contributed by atoms with Gasteiger partial charge in [-0.05, 0) is 61.0 Å². The number of rotatable bonds is 7. The van der Waals surface area contributed by atoms with Gasteiger partial charge in [-0.2, -0.15) is 13.2 Å². The van der Waals surface area contributed by atoms with Gasteiger partial charge in [-0.1, -0.05) is 18.2 Å². The van der Waals surface area contributed by atoms with E-state index in [1.54, 1.807) is 61.4 Å². The topological polar surface area (TPSA) is 154 Å². The number of fused-ring (bicyclic) bond motifs is 2. The fraction of sp³-hybridized carbons (Fsp3) is 0.182. The number of carboxylic acids is 1. The summed E-state index contributed by atoms with van der Waals surface area (Å²) in [6, 6.07) is 19.7. The Hall–Kier alpha value is -5.96. The van der Waals surface area contributed by atoms with Crippen molar-refractivity contribution < 1.29 is 42.1 Å². The molecule has 1 aliphatic rings. The Bertz CT molecular complexity index is 2020. The van der Waals surface area contributed by atoms with Crippen LogP contribution in [0.5, 0.6) is 23.0 Å². The van der Waals surface area contributed by atoms with E-state index >= 15 is 0 Å². The van der Waals surface area contributed by atoms with Crippen molar-refractivity contribution >= 4 is 28.6 Å². The second-order valence-corrected chi connectivity index (χ2v) is 10.2. The first kappa shape index (κ1) is 33.4. The number of nitrogens with one attached hydrogen (secondary N) is 2. The van der Waals surface area contributed by atoms with Crippen LogP contribution in [0.3, 0.4) is 0 Å². The molecule has 0 saturated heterocycles. The van der Waals surface area contributed by atoms with Crippen molar-refractivity contribution in [2.75, 3.05) is 26.1 Å². The Morgan fingerprint density at radius 2 is 1.67 bits per heavy atom. The summed E-state index contributed by atoms with van der Waals surface area (Å²) in [7, 11) is 3.13. The van der Waals surface area contributed by atoms with E-state index in [2.05, 4.69) is 20.6 Å². The molecule has 1 aliphatic heterocycles. The number of aliphatic carboxylic acids is 1.